The molecule has 204 valence electrons. The highest BCUT2D eigenvalue weighted by molar-refractivity contribution is 5.93. The summed E-state index contributed by atoms with van der Waals surface area (Å²) in [4.78, 5) is 46.3. The summed E-state index contributed by atoms with van der Waals surface area (Å²) in [7, 11) is 0. The van der Waals surface area contributed by atoms with Crippen molar-refractivity contribution < 1.29 is 38.1 Å². The van der Waals surface area contributed by atoms with Crippen LogP contribution in [0.15, 0.2) is 60.7 Å². The number of benzene rings is 2. The van der Waals surface area contributed by atoms with E-state index in [1.54, 1.807) is 60.7 Å². The minimum absolute atomic E-state index is 0.0173. The molecule has 2 aliphatic rings. The van der Waals surface area contributed by atoms with Crippen LogP contribution < -0.4 is 9.47 Å². The molecule has 0 unspecified atom stereocenters. The average Bonchev–Trinajstić information content (AvgIpc) is 2.91. The molecule has 2 aromatic carbocycles. The van der Waals surface area contributed by atoms with Crippen molar-refractivity contribution in [2.75, 3.05) is 0 Å². The summed E-state index contributed by atoms with van der Waals surface area (Å²) in [6.45, 7) is 0. The Hall–Kier alpha value is -3.68. The van der Waals surface area contributed by atoms with Gasteiger partial charge in [-0.15, -0.1) is 0 Å². The van der Waals surface area contributed by atoms with E-state index in [2.05, 4.69) is 0 Å². The summed E-state index contributed by atoms with van der Waals surface area (Å²) in [5, 5.41) is 0. The fourth-order valence-electron chi connectivity index (χ4n) is 4.37. The van der Waals surface area contributed by atoms with Gasteiger partial charge in [-0.3, -0.25) is 19.2 Å². The Morgan fingerprint density at radius 3 is 1.21 bits per heavy atom. The lowest BCUT2D eigenvalue weighted by atomic mass is 9.98. The van der Waals surface area contributed by atoms with Crippen LogP contribution in [-0.4, -0.2) is 36.1 Å². The summed E-state index contributed by atoms with van der Waals surface area (Å²) in [5.41, 5.74) is 0. The Kier molecular flexibility index (Phi) is 12.3. The van der Waals surface area contributed by atoms with Crippen molar-refractivity contribution in [1.29, 1.82) is 0 Å². The molecule has 0 spiro atoms. The van der Waals surface area contributed by atoms with Gasteiger partial charge in [0.15, 0.2) is 0 Å². The largest absolute Gasteiger partial charge is 0.462 e. The lowest BCUT2D eigenvalue weighted by Crippen LogP contribution is -2.26. The minimum Gasteiger partial charge on any atom is -0.462 e. The van der Waals surface area contributed by atoms with Gasteiger partial charge in [-0.25, -0.2) is 0 Å². The highest BCUT2D eigenvalue weighted by atomic mass is 16.6. The molecule has 8 heteroatoms. The zero-order valence-electron chi connectivity index (χ0n) is 21.7. The molecule has 0 radical (unpaired) electrons. The maximum atomic E-state index is 11.6. The van der Waals surface area contributed by atoms with Crippen LogP contribution in [0.1, 0.15) is 77.0 Å². The third-order valence-electron chi connectivity index (χ3n) is 6.23. The van der Waals surface area contributed by atoms with Crippen LogP contribution >= 0.6 is 0 Å². The third kappa shape index (κ3) is 11.6. The summed E-state index contributed by atoms with van der Waals surface area (Å²) in [5.74, 6) is -1.33. The Balaban J connectivity index is 0.000000211. The predicted molar refractivity (Wildman–Crippen MR) is 139 cm³/mol. The molecular weight excluding hydrogens is 488 g/mol. The Morgan fingerprint density at radius 1 is 0.500 bits per heavy atom. The van der Waals surface area contributed by atoms with Gasteiger partial charge in [-0.05, 0) is 75.6 Å². The summed E-state index contributed by atoms with van der Waals surface area (Å²) in [6.07, 6.45) is 10.0. The van der Waals surface area contributed by atoms with Crippen LogP contribution in [0, 0.1) is 0 Å². The molecular formula is C30H36O8. The molecule has 0 bridgehead atoms. The maximum absolute atomic E-state index is 11.6. The lowest BCUT2D eigenvalue weighted by molar-refractivity contribution is -0.162. The highest BCUT2D eigenvalue weighted by Gasteiger charge is 2.23. The Bertz CT molecular complexity index is 928. The quantitative estimate of drug-likeness (QED) is 0.245. The van der Waals surface area contributed by atoms with Gasteiger partial charge in [-0.2, -0.15) is 0 Å². The van der Waals surface area contributed by atoms with E-state index in [9.17, 15) is 19.2 Å². The number of para-hydroxylation sites is 2. The first-order chi connectivity index (χ1) is 18.5. The molecule has 0 N–H and O–H groups in total. The Labute approximate surface area is 223 Å². The van der Waals surface area contributed by atoms with Crippen molar-refractivity contribution in [3.63, 3.8) is 0 Å². The summed E-state index contributed by atoms with van der Waals surface area (Å²) in [6, 6.07) is 17.1. The van der Waals surface area contributed by atoms with Crippen molar-refractivity contribution in [3.8, 4) is 11.5 Å². The van der Waals surface area contributed by atoms with E-state index in [0.717, 1.165) is 51.4 Å². The van der Waals surface area contributed by atoms with Crippen LogP contribution in [0.25, 0.3) is 0 Å². The molecule has 0 amide bonds. The number of esters is 4. The lowest BCUT2D eigenvalue weighted by Gasteiger charge is -2.23. The van der Waals surface area contributed by atoms with Crippen LogP contribution in [-0.2, 0) is 28.7 Å². The predicted octanol–water partition coefficient (Wildman–Crippen LogP) is 5.72. The Morgan fingerprint density at radius 2 is 0.842 bits per heavy atom. The van der Waals surface area contributed by atoms with E-state index in [1.165, 1.54) is 12.8 Å². The summed E-state index contributed by atoms with van der Waals surface area (Å²) < 4.78 is 20.6. The van der Waals surface area contributed by atoms with Crippen molar-refractivity contribution >= 4 is 23.9 Å². The molecule has 0 saturated heterocycles. The van der Waals surface area contributed by atoms with E-state index in [0.29, 0.717) is 11.5 Å². The standard InChI is InChI=1S/C15H24O4.C15H12O4/c2*16-14(18-12-7-3-1-4-8-12)11-15(17)19-13-9-5-2-6-10-13/h12-13H,1-11H2;1-10H,11H2. The van der Waals surface area contributed by atoms with E-state index in [-0.39, 0.29) is 18.6 Å². The molecule has 0 aliphatic heterocycles. The van der Waals surface area contributed by atoms with Gasteiger partial charge in [0.1, 0.15) is 36.5 Å². The monoisotopic (exact) mass is 524 g/mol. The topological polar surface area (TPSA) is 105 Å². The first-order valence-corrected chi connectivity index (χ1v) is 13.4. The van der Waals surface area contributed by atoms with E-state index < -0.39 is 30.3 Å². The first kappa shape index (κ1) is 28.9. The molecule has 2 saturated carbocycles. The average molecular weight is 525 g/mol. The zero-order valence-corrected chi connectivity index (χ0v) is 21.7. The number of carbonyl (C=O) groups excluding carboxylic acids is 4. The van der Waals surface area contributed by atoms with Gasteiger partial charge in [0.25, 0.3) is 0 Å². The third-order valence-corrected chi connectivity index (χ3v) is 6.23. The van der Waals surface area contributed by atoms with E-state index in [1.807, 2.05) is 0 Å². The number of rotatable bonds is 8. The molecule has 4 rings (SSSR count). The molecule has 8 nitrogen and oxygen atoms in total. The smallest absolute Gasteiger partial charge is 0.322 e. The second kappa shape index (κ2) is 16.2. The molecule has 38 heavy (non-hydrogen) atoms. The van der Waals surface area contributed by atoms with Crippen molar-refractivity contribution in [2.24, 2.45) is 0 Å². The van der Waals surface area contributed by atoms with Crippen LogP contribution in [0.4, 0.5) is 0 Å². The number of hydrogen-bond donors (Lipinski definition) is 0. The SMILES string of the molecule is O=C(CC(=O)OC1CCCCC1)OC1CCCCC1.O=C(CC(=O)Oc1ccccc1)Oc1ccccc1. The van der Waals surface area contributed by atoms with Gasteiger partial charge >= 0.3 is 23.9 Å². The molecule has 2 aromatic rings. The van der Waals surface area contributed by atoms with Crippen molar-refractivity contribution in [1.82, 2.24) is 0 Å². The fraction of sp³-hybridized carbons (Fsp3) is 0.467. The second-order valence-corrected chi connectivity index (χ2v) is 9.43. The fourth-order valence-corrected chi connectivity index (χ4v) is 4.37. The number of ether oxygens (including phenoxy) is 4. The molecule has 0 heterocycles. The first-order valence-electron chi connectivity index (χ1n) is 13.4. The van der Waals surface area contributed by atoms with Gasteiger partial charge in [0, 0.05) is 0 Å². The van der Waals surface area contributed by atoms with Gasteiger partial charge < -0.3 is 18.9 Å². The zero-order chi connectivity index (χ0) is 27.0. The van der Waals surface area contributed by atoms with Crippen LogP contribution in [0.3, 0.4) is 0 Å². The number of hydrogen-bond acceptors (Lipinski definition) is 8. The second-order valence-electron chi connectivity index (χ2n) is 9.43. The van der Waals surface area contributed by atoms with E-state index in [4.69, 9.17) is 18.9 Å². The van der Waals surface area contributed by atoms with Crippen LogP contribution in [0.5, 0.6) is 11.5 Å². The minimum atomic E-state index is -0.646. The highest BCUT2D eigenvalue weighted by Crippen LogP contribution is 2.22. The van der Waals surface area contributed by atoms with Crippen molar-refractivity contribution in [2.45, 2.75) is 89.3 Å². The molecule has 0 atom stereocenters. The summed E-state index contributed by atoms with van der Waals surface area (Å²) >= 11 is 0. The number of carbonyl (C=O) groups is 4. The van der Waals surface area contributed by atoms with Gasteiger partial charge in [0.05, 0.1) is 0 Å². The maximum Gasteiger partial charge on any atom is 0.322 e. The van der Waals surface area contributed by atoms with Crippen LogP contribution in [0.2, 0.25) is 0 Å². The van der Waals surface area contributed by atoms with Gasteiger partial charge in [0.2, 0.25) is 0 Å². The van der Waals surface area contributed by atoms with E-state index >= 15 is 0 Å². The molecule has 0 aromatic heterocycles. The normalized spacial score (nSPS) is 15.8. The molecule has 2 aliphatic carbocycles. The molecule has 2 fully saturated rings. The van der Waals surface area contributed by atoms with Gasteiger partial charge in [-0.1, -0.05) is 49.2 Å². The van der Waals surface area contributed by atoms with Crippen molar-refractivity contribution in [3.05, 3.63) is 60.7 Å².